The highest BCUT2D eigenvalue weighted by Gasteiger charge is 2.43. The SMILES string of the molecule is O=c1c2ccccc2sn1CCC(N1CCOCC1)C(F)(F)F. The summed E-state index contributed by atoms with van der Waals surface area (Å²) in [4.78, 5) is 13.6. The van der Waals surface area contributed by atoms with Gasteiger partial charge in [0.05, 0.1) is 23.3 Å². The molecule has 126 valence electrons. The molecule has 1 aromatic carbocycles. The Kier molecular flexibility index (Phi) is 4.74. The number of fused-ring (bicyclic) bond motifs is 1. The van der Waals surface area contributed by atoms with E-state index in [1.165, 1.54) is 20.4 Å². The Labute approximate surface area is 135 Å². The van der Waals surface area contributed by atoms with E-state index in [0.717, 1.165) is 4.70 Å². The van der Waals surface area contributed by atoms with Gasteiger partial charge in [0.15, 0.2) is 0 Å². The molecule has 1 unspecified atom stereocenters. The molecule has 0 aliphatic carbocycles. The van der Waals surface area contributed by atoms with Crippen LogP contribution in [0.15, 0.2) is 29.1 Å². The number of hydrogen-bond acceptors (Lipinski definition) is 4. The largest absolute Gasteiger partial charge is 0.404 e. The fourth-order valence-corrected chi connectivity index (χ4v) is 3.86. The summed E-state index contributed by atoms with van der Waals surface area (Å²) in [6, 6.07) is 5.54. The Morgan fingerprint density at radius 2 is 1.91 bits per heavy atom. The highest BCUT2D eigenvalue weighted by atomic mass is 32.1. The van der Waals surface area contributed by atoms with Crippen LogP contribution in [0.4, 0.5) is 13.2 Å². The van der Waals surface area contributed by atoms with E-state index in [2.05, 4.69) is 0 Å². The lowest BCUT2D eigenvalue weighted by molar-refractivity contribution is -0.194. The van der Waals surface area contributed by atoms with Gasteiger partial charge < -0.3 is 4.74 Å². The van der Waals surface area contributed by atoms with E-state index in [0.29, 0.717) is 18.6 Å². The number of halogens is 3. The third kappa shape index (κ3) is 3.59. The molecular weight excluding hydrogens is 329 g/mol. The van der Waals surface area contributed by atoms with Gasteiger partial charge in [-0.2, -0.15) is 13.2 Å². The molecule has 1 atom stereocenters. The van der Waals surface area contributed by atoms with Gasteiger partial charge in [-0.05, 0) is 18.6 Å². The van der Waals surface area contributed by atoms with E-state index in [4.69, 9.17) is 4.74 Å². The number of hydrogen-bond donors (Lipinski definition) is 0. The van der Waals surface area contributed by atoms with Crippen LogP contribution in [0.25, 0.3) is 10.1 Å². The lowest BCUT2D eigenvalue weighted by Gasteiger charge is -2.35. The van der Waals surface area contributed by atoms with Crippen molar-refractivity contribution < 1.29 is 17.9 Å². The van der Waals surface area contributed by atoms with Gasteiger partial charge >= 0.3 is 6.18 Å². The molecule has 0 spiro atoms. The fraction of sp³-hybridized carbons (Fsp3) is 0.533. The van der Waals surface area contributed by atoms with Gasteiger partial charge in [-0.3, -0.25) is 13.7 Å². The van der Waals surface area contributed by atoms with Crippen LogP contribution in [-0.4, -0.2) is 47.4 Å². The topological polar surface area (TPSA) is 34.5 Å². The Balaban J connectivity index is 1.77. The van der Waals surface area contributed by atoms with E-state index < -0.39 is 12.2 Å². The monoisotopic (exact) mass is 346 g/mol. The predicted molar refractivity (Wildman–Crippen MR) is 82.9 cm³/mol. The Hall–Kier alpha value is -1.38. The molecule has 0 radical (unpaired) electrons. The summed E-state index contributed by atoms with van der Waals surface area (Å²) in [6.45, 7) is 1.24. The van der Waals surface area contributed by atoms with Gasteiger partial charge in [0, 0.05) is 19.6 Å². The summed E-state index contributed by atoms with van der Waals surface area (Å²) in [5, 5.41) is 0.562. The summed E-state index contributed by atoms with van der Waals surface area (Å²) in [7, 11) is 0. The zero-order chi connectivity index (χ0) is 16.4. The van der Waals surface area contributed by atoms with E-state index >= 15 is 0 Å². The molecule has 8 heteroatoms. The summed E-state index contributed by atoms with van der Waals surface area (Å²) >= 11 is 1.22. The maximum atomic E-state index is 13.3. The van der Waals surface area contributed by atoms with Crippen molar-refractivity contribution in [1.82, 2.24) is 8.86 Å². The van der Waals surface area contributed by atoms with Crippen LogP contribution < -0.4 is 5.56 Å². The van der Waals surface area contributed by atoms with Gasteiger partial charge in [0.2, 0.25) is 0 Å². The van der Waals surface area contributed by atoms with Crippen LogP contribution >= 0.6 is 11.5 Å². The van der Waals surface area contributed by atoms with Crippen molar-refractivity contribution in [2.75, 3.05) is 26.3 Å². The van der Waals surface area contributed by atoms with E-state index in [1.54, 1.807) is 18.2 Å². The van der Waals surface area contributed by atoms with Crippen LogP contribution in [0, 0.1) is 0 Å². The first-order valence-corrected chi connectivity index (χ1v) is 8.21. The van der Waals surface area contributed by atoms with Crippen LogP contribution in [0.1, 0.15) is 6.42 Å². The van der Waals surface area contributed by atoms with Gasteiger partial charge in [0.1, 0.15) is 6.04 Å². The third-order valence-electron chi connectivity index (χ3n) is 4.02. The number of nitrogens with zero attached hydrogens (tertiary/aromatic N) is 2. The van der Waals surface area contributed by atoms with Crippen molar-refractivity contribution in [2.45, 2.75) is 25.2 Å². The summed E-state index contributed by atoms with van der Waals surface area (Å²) in [5.41, 5.74) is -0.214. The minimum absolute atomic E-state index is 0.0692. The van der Waals surface area contributed by atoms with Gasteiger partial charge in [-0.1, -0.05) is 23.7 Å². The lowest BCUT2D eigenvalue weighted by atomic mass is 10.1. The third-order valence-corrected chi connectivity index (χ3v) is 5.14. The first kappa shape index (κ1) is 16.5. The zero-order valence-electron chi connectivity index (χ0n) is 12.4. The maximum Gasteiger partial charge on any atom is 0.404 e. The first-order chi connectivity index (χ1) is 11.0. The zero-order valence-corrected chi connectivity index (χ0v) is 13.2. The van der Waals surface area contributed by atoms with Gasteiger partial charge in [-0.25, -0.2) is 0 Å². The molecule has 1 fully saturated rings. The smallest absolute Gasteiger partial charge is 0.379 e. The minimum Gasteiger partial charge on any atom is -0.379 e. The molecule has 1 saturated heterocycles. The molecule has 1 aromatic heterocycles. The number of morpholine rings is 1. The second-order valence-electron chi connectivity index (χ2n) is 5.49. The average Bonchev–Trinajstić information content (AvgIpc) is 2.84. The number of ether oxygens (including phenoxy) is 1. The van der Waals surface area contributed by atoms with Crippen molar-refractivity contribution in [3.8, 4) is 0 Å². The standard InChI is InChI=1S/C15H17F3N2O2S/c16-15(17,18)13(19-7-9-22-10-8-19)5-6-20-14(21)11-3-1-2-4-12(11)23-20/h1-4,13H,5-10H2. The fourth-order valence-electron chi connectivity index (χ4n) is 2.85. The summed E-state index contributed by atoms with van der Waals surface area (Å²) in [5.74, 6) is 0. The van der Waals surface area contributed by atoms with Crippen LogP contribution in [0.2, 0.25) is 0 Å². The van der Waals surface area contributed by atoms with Crippen molar-refractivity contribution >= 4 is 21.6 Å². The Morgan fingerprint density at radius 1 is 1.22 bits per heavy atom. The summed E-state index contributed by atoms with van der Waals surface area (Å²) in [6.07, 6.45) is -4.44. The second-order valence-corrected chi connectivity index (χ2v) is 6.55. The van der Waals surface area contributed by atoms with Crippen molar-refractivity contribution in [1.29, 1.82) is 0 Å². The molecule has 2 aromatic rings. The minimum atomic E-state index is -4.31. The van der Waals surface area contributed by atoms with E-state index in [1.807, 2.05) is 6.07 Å². The number of rotatable bonds is 4. The quantitative estimate of drug-likeness (QED) is 0.854. The predicted octanol–water partition coefficient (Wildman–Crippen LogP) is 2.72. The van der Waals surface area contributed by atoms with Crippen molar-refractivity contribution in [3.63, 3.8) is 0 Å². The summed E-state index contributed by atoms with van der Waals surface area (Å²) < 4.78 is 47.4. The molecule has 2 heterocycles. The number of aryl methyl sites for hydroxylation is 1. The number of alkyl halides is 3. The van der Waals surface area contributed by atoms with Gasteiger partial charge in [0.25, 0.3) is 5.56 Å². The number of benzene rings is 1. The molecule has 4 nitrogen and oxygen atoms in total. The number of aromatic nitrogens is 1. The maximum absolute atomic E-state index is 13.3. The van der Waals surface area contributed by atoms with E-state index in [-0.39, 0.29) is 31.6 Å². The molecule has 0 N–H and O–H groups in total. The van der Waals surface area contributed by atoms with Gasteiger partial charge in [-0.15, -0.1) is 0 Å². The van der Waals surface area contributed by atoms with Crippen LogP contribution in [0.5, 0.6) is 0 Å². The molecule has 0 bridgehead atoms. The molecule has 23 heavy (non-hydrogen) atoms. The normalized spacial score (nSPS) is 18.4. The lowest BCUT2D eigenvalue weighted by Crippen LogP contribution is -2.51. The highest BCUT2D eigenvalue weighted by Crippen LogP contribution is 2.28. The Morgan fingerprint density at radius 3 is 2.57 bits per heavy atom. The molecular formula is C15H17F3N2O2S. The molecule has 1 aliphatic rings. The highest BCUT2D eigenvalue weighted by molar-refractivity contribution is 7.13. The van der Waals surface area contributed by atoms with E-state index in [9.17, 15) is 18.0 Å². The van der Waals surface area contributed by atoms with Crippen molar-refractivity contribution in [3.05, 3.63) is 34.6 Å². The van der Waals surface area contributed by atoms with Crippen LogP contribution in [-0.2, 0) is 11.3 Å². The molecule has 0 saturated carbocycles. The Bertz CT molecular complexity index is 719. The average molecular weight is 346 g/mol. The molecule has 3 rings (SSSR count). The van der Waals surface area contributed by atoms with Crippen molar-refractivity contribution in [2.24, 2.45) is 0 Å². The molecule has 0 amide bonds. The first-order valence-electron chi connectivity index (χ1n) is 7.44. The second kappa shape index (κ2) is 6.62. The van der Waals surface area contributed by atoms with Crippen LogP contribution in [0.3, 0.4) is 0 Å². The molecule has 1 aliphatic heterocycles.